The summed E-state index contributed by atoms with van der Waals surface area (Å²) in [4.78, 5) is 15.2. The maximum atomic E-state index is 12.4. The Hall–Kier alpha value is -1.91. The van der Waals surface area contributed by atoms with E-state index in [4.69, 9.17) is 0 Å². The number of fused-ring (bicyclic) bond motifs is 1. The molecule has 0 saturated heterocycles. The zero-order valence-electron chi connectivity index (χ0n) is 11.6. The average Bonchev–Trinajstić information content (AvgIpc) is 3.04. The van der Waals surface area contributed by atoms with Crippen LogP contribution in [0, 0.1) is 0 Å². The fraction of sp³-hybridized carbons (Fsp3) is 0.235. The number of thiophene rings is 1. The molecule has 1 N–H and O–H groups in total. The second-order valence-electron chi connectivity index (χ2n) is 5.03. The molecule has 1 amide bonds. The molecule has 3 rings (SSSR count). The monoisotopic (exact) mass is 299 g/mol. The second-order valence-corrected chi connectivity index (χ2v) is 6.01. The number of carbonyl (C=O) groups is 1. The Labute approximate surface area is 128 Å². The van der Waals surface area contributed by atoms with E-state index in [9.17, 15) is 9.90 Å². The number of carbonyl (C=O) groups excluding carboxylic acids is 1. The van der Waals surface area contributed by atoms with Gasteiger partial charge in [0, 0.05) is 17.5 Å². The first kappa shape index (κ1) is 14.0. The number of amides is 1. The van der Waals surface area contributed by atoms with Gasteiger partial charge < -0.3 is 10.0 Å². The van der Waals surface area contributed by atoms with Gasteiger partial charge >= 0.3 is 0 Å². The Morgan fingerprint density at radius 3 is 2.95 bits per heavy atom. The molecule has 0 saturated carbocycles. The molecule has 0 bridgehead atoms. The molecule has 0 aliphatic carbocycles. The van der Waals surface area contributed by atoms with Crippen LogP contribution in [0.5, 0.6) is 0 Å². The van der Waals surface area contributed by atoms with Gasteiger partial charge in [-0.05, 0) is 35.1 Å². The third-order valence-electron chi connectivity index (χ3n) is 3.80. The van der Waals surface area contributed by atoms with Gasteiger partial charge in [0.15, 0.2) is 0 Å². The smallest absolute Gasteiger partial charge is 0.247 e. The molecule has 1 aliphatic rings. The Bertz CT molecular complexity index is 649. The van der Waals surface area contributed by atoms with Crippen LogP contribution >= 0.6 is 11.3 Å². The summed E-state index contributed by atoms with van der Waals surface area (Å²) in [7, 11) is 0. The average molecular weight is 299 g/mol. The van der Waals surface area contributed by atoms with Crippen molar-refractivity contribution < 1.29 is 9.90 Å². The first-order valence-corrected chi connectivity index (χ1v) is 7.88. The quantitative estimate of drug-likeness (QED) is 0.885. The van der Waals surface area contributed by atoms with Crippen LogP contribution in [0.3, 0.4) is 0 Å². The van der Waals surface area contributed by atoms with Crippen molar-refractivity contribution >= 4 is 23.3 Å². The molecule has 21 heavy (non-hydrogen) atoms. The lowest BCUT2D eigenvalue weighted by Crippen LogP contribution is -2.40. The van der Waals surface area contributed by atoms with E-state index in [1.54, 1.807) is 22.3 Å². The fourth-order valence-corrected chi connectivity index (χ4v) is 3.37. The predicted octanol–water partition coefficient (Wildman–Crippen LogP) is 2.88. The molecule has 0 fully saturated rings. The number of nitrogens with zero attached hydrogens (tertiary/aromatic N) is 1. The SMILES string of the molecule is O=C(C=Cc1cccs1)N1CCc2ccccc2C1CO. The summed E-state index contributed by atoms with van der Waals surface area (Å²) in [6.07, 6.45) is 4.27. The molecule has 1 aliphatic heterocycles. The molecule has 2 aromatic rings. The number of benzene rings is 1. The Balaban J connectivity index is 1.81. The van der Waals surface area contributed by atoms with E-state index < -0.39 is 0 Å². The van der Waals surface area contributed by atoms with Gasteiger partial charge in [0.25, 0.3) is 0 Å². The van der Waals surface area contributed by atoms with Crippen molar-refractivity contribution in [3.05, 3.63) is 63.9 Å². The van der Waals surface area contributed by atoms with Gasteiger partial charge in [-0.1, -0.05) is 30.3 Å². The summed E-state index contributed by atoms with van der Waals surface area (Å²) in [5, 5.41) is 11.7. The Morgan fingerprint density at radius 1 is 1.33 bits per heavy atom. The Morgan fingerprint density at radius 2 is 2.19 bits per heavy atom. The number of aliphatic hydroxyl groups is 1. The van der Waals surface area contributed by atoms with E-state index >= 15 is 0 Å². The number of hydrogen-bond acceptors (Lipinski definition) is 3. The van der Waals surface area contributed by atoms with E-state index in [-0.39, 0.29) is 18.6 Å². The van der Waals surface area contributed by atoms with Gasteiger partial charge in [0.1, 0.15) is 0 Å². The highest BCUT2D eigenvalue weighted by Gasteiger charge is 2.28. The van der Waals surface area contributed by atoms with Crippen molar-refractivity contribution in [1.82, 2.24) is 4.90 Å². The van der Waals surface area contributed by atoms with Crippen LogP contribution in [-0.4, -0.2) is 29.1 Å². The third-order valence-corrected chi connectivity index (χ3v) is 4.64. The van der Waals surface area contributed by atoms with Gasteiger partial charge in [-0.25, -0.2) is 0 Å². The maximum Gasteiger partial charge on any atom is 0.247 e. The van der Waals surface area contributed by atoms with E-state index in [1.807, 2.05) is 41.8 Å². The zero-order valence-corrected chi connectivity index (χ0v) is 12.4. The second kappa shape index (κ2) is 6.24. The number of aliphatic hydroxyl groups excluding tert-OH is 1. The highest BCUT2D eigenvalue weighted by Crippen LogP contribution is 2.29. The van der Waals surface area contributed by atoms with Crippen molar-refractivity contribution in [3.63, 3.8) is 0 Å². The van der Waals surface area contributed by atoms with Crippen molar-refractivity contribution in [2.75, 3.05) is 13.2 Å². The van der Waals surface area contributed by atoms with Crippen molar-refractivity contribution in [2.24, 2.45) is 0 Å². The summed E-state index contributed by atoms with van der Waals surface area (Å²) in [6.45, 7) is 0.603. The summed E-state index contributed by atoms with van der Waals surface area (Å²) in [6, 6.07) is 11.7. The minimum absolute atomic E-state index is 0.0445. The van der Waals surface area contributed by atoms with Gasteiger partial charge in [-0.2, -0.15) is 0 Å². The fourth-order valence-electron chi connectivity index (χ4n) is 2.75. The molecule has 4 heteroatoms. The first-order chi connectivity index (χ1) is 10.3. The van der Waals surface area contributed by atoms with Crippen LogP contribution in [0.2, 0.25) is 0 Å². The largest absolute Gasteiger partial charge is 0.394 e. The van der Waals surface area contributed by atoms with Gasteiger partial charge in [-0.3, -0.25) is 4.79 Å². The van der Waals surface area contributed by atoms with Crippen LogP contribution < -0.4 is 0 Å². The molecule has 0 spiro atoms. The standard InChI is InChI=1S/C17H17NO2S/c19-12-16-15-6-2-1-4-13(15)9-10-18(16)17(20)8-7-14-5-3-11-21-14/h1-8,11,16,19H,9-10,12H2. The summed E-state index contributed by atoms with van der Waals surface area (Å²) >= 11 is 1.60. The molecule has 3 nitrogen and oxygen atoms in total. The minimum atomic E-state index is -0.240. The van der Waals surface area contributed by atoms with Crippen LogP contribution in [0.25, 0.3) is 6.08 Å². The number of rotatable bonds is 3. The van der Waals surface area contributed by atoms with Gasteiger partial charge in [0.2, 0.25) is 5.91 Å². The molecule has 0 radical (unpaired) electrons. The van der Waals surface area contributed by atoms with Crippen LogP contribution in [0.1, 0.15) is 22.0 Å². The van der Waals surface area contributed by atoms with Crippen molar-refractivity contribution in [1.29, 1.82) is 0 Å². The number of hydrogen-bond donors (Lipinski definition) is 1. The lowest BCUT2D eigenvalue weighted by Gasteiger charge is -2.35. The molecule has 1 aromatic heterocycles. The van der Waals surface area contributed by atoms with Crippen LogP contribution in [-0.2, 0) is 11.2 Å². The lowest BCUT2D eigenvalue weighted by molar-refractivity contribution is -0.129. The molecular formula is C17H17NO2S. The van der Waals surface area contributed by atoms with Crippen LogP contribution in [0.15, 0.2) is 47.9 Å². The summed E-state index contributed by atoms with van der Waals surface area (Å²) in [5.74, 6) is -0.0445. The topological polar surface area (TPSA) is 40.5 Å². The van der Waals surface area contributed by atoms with E-state index in [2.05, 4.69) is 6.07 Å². The molecule has 1 unspecified atom stereocenters. The van der Waals surface area contributed by atoms with E-state index in [0.717, 1.165) is 16.9 Å². The predicted molar refractivity (Wildman–Crippen MR) is 85.0 cm³/mol. The highest BCUT2D eigenvalue weighted by atomic mass is 32.1. The molecule has 1 atom stereocenters. The molecule has 1 aromatic carbocycles. The molecule has 108 valence electrons. The van der Waals surface area contributed by atoms with Gasteiger partial charge in [0.05, 0.1) is 12.6 Å². The minimum Gasteiger partial charge on any atom is -0.394 e. The van der Waals surface area contributed by atoms with Crippen molar-refractivity contribution in [3.8, 4) is 0 Å². The van der Waals surface area contributed by atoms with Crippen LogP contribution in [0.4, 0.5) is 0 Å². The summed E-state index contributed by atoms with van der Waals surface area (Å²) in [5.41, 5.74) is 2.28. The molecule has 2 heterocycles. The maximum absolute atomic E-state index is 12.4. The van der Waals surface area contributed by atoms with E-state index in [1.165, 1.54) is 5.56 Å². The first-order valence-electron chi connectivity index (χ1n) is 7.00. The zero-order chi connectivity index (χ0) is 14.7. The molecular weight excluding hydrogens is 282 g/mol. The Kier molecular flexibility index (Phi) is 4.18. The van der Waals surface area contributed by atoms with Crippen molar-refractivity contribution in [2.45, 2.75) is 12.5 Å². The van der Waals surface area contributed by atoms with Gasteiger partial charge in [-0.15, -0.1) is 11.3 Å². The van der Waals surface area contributed by atoms with E-state index in [0.29, 0.717) is 6.54 Å². The highest BCUT2D eigenvalue weighted by molar-refractivity contribution is 7.10. The third kappa shape index (κ3) is 2.91. The summed E-state index contributed by atoms with van der Waals surface area (Å²) < 4.78 is 0. The lowest BCUT2D eigenvalue weighted by atomic mass is 9.93. The normalized spacial score (nSPS) is 18.0.